The van der Waals surface area contributed by atoms with Gasteiger partial charge in [-0.2, -0.15) is 4.98 Å². The van der Waals surface area contributed by atoms with Crippen molar-refractivity contribution in [2.24, 2.45) is 0 Å². The minimum absolute atomic E-state index is 0.525. The third-order valence-electron chi connectivity index (χ3n) is 2.36. The van der Waals surface area contributed by atoms with Crippen LogP contribution in [0.5, 0.6) is 0 Å². The summed E-state index contributed by atoms with van der Waals surface area (Å²) in [4.78, 5) is 12.8. The van der Waals surface area contributed by atoms with Gasteiger partial charge in [-0.3, -0.25) is 0 Å². The molecule has 0 spiro atoms. The Bertz CT molecular complexity index is 524. The number of nitrogens with one attached hydrogen (secondary N) is 1. The summed E-state index contributed by atoms with van der Waals surface area (Å²) >= 11 is 0. The fourth-order valence-corrected chi connectivity index (χ4v) is 1.64. The van der Waals surface area contributed by atoms with Crippen molar-refractivity contribution in [1.29, 1.82) is 0 Å². The molecule has 0 atom stereocenters. The van der Waals surface area contributed by atoms with Crippen molar-refractivity contribution in [3.63, 3.8) is 0 Å². The summed E-state index contributed by atoms with van der Waals surface area (Å²) in [7, 11) is 0. The van der Waals surface area contributed by atoms with Crippen LogP contribution in [0.25, 0.3) is 11.2 Å². The maximum Gasteiger partial charge on any atom is 0.252 e. The SMILES string of the molecule is CCCOCCNc1nc(C)nc2oc(C)nc12. The molecular weight excluding hydrogens is 232 g/mol. The quantitative estimate of drug-likeness (QED) is 0.791. The number of aryl methyl sites for hydroxylation is 2. The fourth-order valence-electron chi connectivity index (χ4n) is 1.64. The standard InChI is InChI=1S/C12H18N4O2/c1-4-6-17-7-5-13-11-10-12(15-8(2)14-11)18-9(3)16-10/h4-7H2,1-3H3,(H,13,14,15). The van der Waals surface area contributed by atoms with Crippen LogP contribution in [0.1, 0.15) is 25.1 Å². The van der Waals surface area contributed by atoms with Crippen LogP contribution < -0.4 is 5.32 Å². The Morgan fingerprint density at radius 3 is 2.78 bits per heavy atom. The molecule has 1 N–H and O–H groups in total. The van der Waals surface area contributed by atoms with E-state index in [9.17, 15) is 0 Å². The van der Waals surface area contributed by atoms with E-state index in [0.29, 0.717) is 41.9 Å². The van der Waals surface area contributed by atoms with Crippen molar-refractivity contribution >= 4 is 17.0 Å². The molecule has 0 saturated carbocycles. The van der Waals surface area contributed by atoms with E-state index in [-0.39, 0.29) is 0 Å². The van der Waals surface area contributed by atoms with E-state index in [1.165, 1.54) is 0 Å². The summed E-state index contributed by atoms with van der Waals surface area (Å²) in [5.41, 5.74) is 1.20. The Hall–Kier alpha value is -1.69. The second kappa shape index (κ2) is 5.77. The van der Waals surface area contributed by atoms with Gasteiger partial charge < -0.3 is 14.5 Å². The highest BCUT2D eigenvalue weighted by Crippen LogP contribution is 2.19. The van der Waals surface area contributed by atoms with Gasteiger partial charge in [0, 0.05) is 20.1 Å². The molecule has 0 aliphatic rings. The third kappa shape index (κ3) is 2.95. The van der Waals surface area contributed by atoms with Gasteiger partial charge in [0.1, 0.15) is 5.82 Å². The van der Waals surface area contributed by atoms with Gasteiger partial charge in [-0.1, -0.05) is 6.92 Å². The van der Waals surface area contributed by atoms with Gasteiger partial charge in [0.2, 0.25) is 0 Å². The molecule has 2 heterocycles. The monoisotopic (exact) mass is 250 g/mol. The summed E-state index contributed by atoms with van der Waals surface area (Å²) in [6, 6.07) is 0. The van der Waals surface area contributed by atoms with E-state index in [4.69, 9.17) is 9.15 Å². The van der Waals surface area contributed by atoms with Gasteiger partial charge in [0.15, 0.2) is 17.2 Å². The van der Waals surface area contributed by atoms with Crippen LogP contribution in [0.15, 0.2) is 4.42 Å². The summed E-state index contributed by atoms with van der Waals surface area (Å²) < 4.78 is 10.8. The first kappa shape index (κ1) is 12.8. The number of fused-ring (bicyclic) bond motifs is 1. The molecule has 98 valence electrons. The fraction of sp³-hybridized carbons (Fsp3) is 0.583. The van der Waals surface area contributed by atoms with Crippen LogP contribution in [-0.4, -0.2) is 34.7 Å². The molecular formula is C12H18N4O2. The minimum Gasteiger partial charge on any atom is -0.422 e. The largest absolute Gasteiger partial charge is 0.422 e. The van der Waals surface area contributed by atoms with Gasteiger partial charge in [-0.15, -0.1) is 0 Å². The number of ether oxygens (including phenoxy) is 1. The first-order valence-electron chi connectivity index (χ1n) is 6.14. The molecule has 18 heavy (non-hydrogen) atoms. The molecule has 2 aromatic rings. The molecule has 2 aromatic heterocycles. The lowest BCUT2D eigenvalue weighted by atomic mass is 10.4. The Balaban J connectivity index is 2.07. The van der Waals surface area contributed by atoms with E-state index in [2.05, 4.69) is 27.2 Å². The maximum atomic E-state index is 5.40. The van der Waals surface area contributed by atoms with Crippen molar-refractivity contribution in [2.45, 2.75) is 27.2 Å². The van der Waals surface area contributed by atoms with Gasteiger partial charge in [0.25, 0.3) is 5.71 Å². The van der Waals surface area contributed by atoms with E-state index in [0.717, 1.165) is 13.0 Å². The first-order chi connectivity index (χ1) is 8.70. The molecule has 0 aromatic carbocycles. The van der Waals surface area contributed by atoms with Crippen molar-refractivity contribution in [3.05, 3.63) is 11.7 Å². The number of anilines is 1. The van der Waals surface area contributed by atoms with Gasteiger partial charge in [-0.05, 0) is 13.3 Å². The van der Waals surface area contributed by atoms with Crippen LogP contribution in [0, 0.1) is 13.8 Å². The van der Waals surface area contributed by atoms with Crippen LogP contribution in [0.4, 0.5) is 5.82 Å². The molecule has 0 radical (unpaired) electrons. The zero-order valence-corrected chi connectivity index (χ0v) is 11.0. The second-order valence-electron chi connectivity index (χ2n) is 4.05. The van der Waals surface area contributed by atoms with Crippen molar-refractivity contribution in [1.82, 2.24) is 15.0 Å². The first-order valence-corrected chi connectivity index (χ1v) is 6.14. The highest BCUT2D eigenvalue weighted by Gasteiger charge is 2.11. The Morgan fingerprint density at radius 1 is 1.17 bits per heavy atom. The molecule has 0 saturated heterocycles. The Labute approximate surface area is 106 Å². The van der Waals surface area contributed by atoms with E-state index in [1.807, 2.05) is 6.92 Å². The summed E-state index contributed by atoms with van der Waals surface area (Å²) in [6.07, 6.45) is 1.03. The Kier molecular flexibility index (Phi) is 4.09. The van der Waals surface area contributed by atoms with Crippen molar-refractivity contribution in [3.8, 4) is 0 Å². The highest BCUT2D eigenvalue weighted by molar-refractivity contribution is 5.81. The zero-order valence-electron chi connectivity index (χ0n) is 11.0. The molecule has 6 heteroatoms. The summed E-state index contributed by atoms with van der Waals surface area (Å²) in [5.74, 6) is 1.96. The molecule has 6 nitrogen and oxygen atoms in total. The number of nitrogens with zero attached hydrogens (tertiary/aromatic N) is 3. The summed E-state index contributed by atoms with van der Waals surface area (Å²) in [6.45, 7) is 7.83. The lowest BCUT2D eigenvalue weighted by molar-refractivity contribution is 0.144. The number of rotatable bonds is 6. The van der Waals surface area contributed by atoms with Crippen LogP contribution >= 0.6 is 0 Å². The minimum atomic E-state index is 0.525. The topological polar surface area (TPSA) is 73.1 Å². The number of oxazole rings is 1. The predicted octanol–water partition coefficient (Wildman–Crippen LogP) is 2.07. The van der Waals surface area contributed by atoms with Gasteiger partial charge in [-0.25, -0.2) is 9.97 Å². The second-order valence-corrected chi connectivity index (χ2v) is 4.05. The van der Waals surface area contributed by atoms with E-state index < -0.39 is 0 Å². The van der Waals surface area contributed by atoms with E-state index in [1.54, 1.807) is 6.92 Å². The third-order valence-corrected chi connectivity index (χ3v) is 2.36. The number of hydrogen-bond acceptors (Lipinski definition) is 6. The lowest BCUT2D eigenvalue weighted by Gasteiger charge is -2.06. The van der Waals surface area contributed by atoms with Gasteiger partial charge >= 0.3 is 0 Å². The zero-order chi connectivity index (χ0) is 13.0. The molecule has 0 aliphatic carbocycles. The number of hydrogen-bond donors (Lipinski definition) is 1. The maximum absolute atomic E-state index is 5.40. The molecule has 0 unspecified atom stereocenters. The highest BCUT2D eigenvalue weighted by atomic mass is 16.5. The molecule has 0 amide bonds. The normalized spacial score (nSPS) is 11.1. The summed E-state index contributed by atoms with van der Waals surface area (Å²) in [5, 5.41) is 3.20. The van der Waals surface area contributed by atoms with Gasteiger partial charge in [0.05, 0.1) is 6.61 Å². The lowest BCUT2D eigenvalue weighted by Crippen LogP contribution is -2.11. The average molecular weight is 250 g/mol. The van der Waals surface area contributed by atoms with Crippen LogP contribution in [-0.2, 0) is 4.74 Å². The number of aromatic nitrogens is 3. The molecule has 0 bridgehead atoms. The smallest absolute Gasteiger partial charge is 0.252 e. The Morgan fingerprint density at radius 2 is 2.00 bits per heavy atom. The predicted molar refractivity (Wildman–Crippen MR) is 68.7 cm³/mol. The molecule has 0 fully saturated rings. The van der Waals surface area contributed by atoms with Crippen LogP contribution in [0.3, 0.4) is 0 Å². The molecule has 2 rings (SSSR count). The molecule has 0 aliphatic heterocycles. The van der Waals surface area contributed by atoms with Crippen LogP contribution in [0.2, 0.25) is 0 Å². The van der Waals surface area contributed by atoms with Crippen molar-refractivity contribution < 1.29 is 9.15 Å². The average Bonchev–Trinajstić information content (AvgIpc) is 2.69. The van der Waals surface area contributed by atoms with Crippen molar-refractivity contribution in [2.75, 3.05) is 25.1 Å². The van der Waals surface area contributed by atoms with E-state index >= 15 is 0 Å².